The molecule has 0 aliphatic carbocycles. The van der Waals surface area contributed by atoms with Crippen LogP contribution in [-0.4, -0.2) is 41.7 Å². The molecule has 1 unspecified atom stereocenters. The van der Waals surface area contributed by atoms with Gasteiger partial charge in [0.05, 0.1) is 5.56 Å². The fourth-order valence-electron chi connectivity index (χ4n) is 1.64. The van der Waals surface area contributed by atoms with Crippen molar-refractivity contribution in [3.63, 3.8) is 0 Å². The molecule has 1 aromatic rings. The fourth-order valence-corrected chi connectivity index (χ4v) is 1.89. The molecule has 0 aromatic heterocycles. The molecule has 1 rings (SSSR count). The van der Waals surface area contributed by atoms with Crippen LogP contribution in [0.2, 0.25) is 0 Å². The maximum absolute atomic E-state index is 11.5. The average Bonchev–Trinajstić information content (AvgIpc) is 2.45. The molecule has 1 aromatic carbocycles. The maximum atomic E-state index is 11.5. The predicted octanol–water partition coefficient (Wildman–Crippen LogP) is 1.98. The second-order valence-corrected chi connectivity index (χ2v) is 5.67. The van der Waals surface area contributed by atoms with Gasteiger partial charge in [0, 0.05) is 18.3 Å². The number of rotatable bonds is 7. The Morgan fingerprint density at radius 3 is 2.65 bits per heavy atom. The molecule has 0 fully saturated rings. The van der Waals surface area contributed by atoms with E-state index >= 15 is 0 Å². The Morgan fingerprint density at radius 2 is 2.00 bits per heavy atom. The number of hydrogen-bond donors (Lipinski definition) is 3. The van der Waals surface area contributed by atoms with Crippen LogP contribution >= 0.6 is 11.8 Å². The van der Waals surface area contributed by atoms with Gasteiger partial charge in [-0.25, -0.2) is 9.59 Å². The van der Waals surface area contributed by atoms with Gasteiger partial charge in [0.2, 0.25) is 0 Å². The zero-order valence-electron chi connectivity index (χ0n) is 11.7. The third kappa shape index (κ3) is 5.52. The SMILES string of the molecule is CSC(C)CNC(=O)NCCc1ccccc1C(=O)O. The monoisotopic (exact) mass is 296 g/mol. The number of amides is 2. The Morgan fingerprint density at radius 1 is 1.30 bits per heavy atom. The second kappa shape index (κ2) is 8.47. The van der Waals surface area contributed by atoms with Crippen molar-refractivity contribution in [2.24, 2.45) is 0 Å². The average molecular weight is 296 g/mol. The third-order valence-electron chi connectivity index (χ3n) is 2.88. The van der Waals surface area contributed by atoms with E-state index in [1.165, 1.54) is 0 Å². The number of benzene rings is 1. The Kier molecular flexibility index (Phi) is 6.93. The normalized spacial score (nSPS) is 11.7. The van der Waals surface area contributed by atoms with Crippen molar-refractivity contribution in [2.75, 3.05) is 19.3 Å². The van der Waals surface area contributed by atoms with Crippen LogP contribution in [0.3, 0.4) is 0 Å². The van der Waals surface area contributed by atoms with Crippen LogP contribution in [0.5, 0.6) is 0 Å². The molecule has 0 saturated heterocycles. The summed E-state index contributed by atoms with van der Waals surface area (Å²) in [6, 6.07) is 6.59. The van der Waals surface area contributed by atoms with Crippen molar-refractivity contribution in [2.45, 2.75) is 18.6 Å². The lowest BCUT2D eigenvalue weighted by molar-refractivity contribution is 0.0695. The summed E-state index contributed by atoms with van der Waals surface area (Å²) < 4.78 is 0. The highest BCUT2D eigenvalue weighted by molar-refractivity contribution is 7.99. The zero-order chi connectivity index (χ0) is 15.0. The number of carboxylic acids is 1. The number of nitrogens with one attached hydrogen (secondary N) is 2. The topological polar surface area (TPSA) is 78.4 Å². The van der Waals surface area contributed by atoms with Gasteiger partial charge in [-0.05, 0) is 24.3 Å². The number of aromatic carboxylic acids is 1. The van der Waals surface area contributed by atoms with Crippen LogP contribution in [0.1, 0.15) is 22.8 Å². The van der Waals surface area contributed by atoms with Crippen LogP contribution in [0, 0.1) is 0 Å². The molecule has 1 atom stereocenters. The van der Waals surface area contributed by atoms with Gasteiger partial charge in [0.15, 0.2) is 0 Å². The molecule has 0 heterocycles. The van der Waals surface area contributed by atoms with Gasteiger partial charge >= 0.3 is 12.0 Å². The molecule has 6 heteroatoms. The van der Waals surface area contributed by atoms with Crippen LogP contribution < -0.4 is 10.6 Å². The largest absolute Gasteiger partial charge is 0.478 e. The van der Waals surface area contributed by atoms with Crippen molar-refractivity contribution in [3.05, 3.63) is 35.4 Å². The standard InChI is InChI=1S/C14H20N2O3S/c1-10(20-2)9-16-14(19)15-8-7-11-5-3-4-6-12(11)13(17)18/h3-6,10H,7-9H2,1-2H3,(H,17,18)(H2,15,16,19). The molecule has 20 heavy (non-hydrogen) atoms. The van der Waals surface area contributed by atoms with E-state index in [1.807, 2.05) is 13.2 Å². The summed E-state index contributed by atoms with van der Waals surface area (Å²) in [4.78, 5) is 22.6. The Balaban J connectivity index is 2.37. The maximum Gasteiger partial charge on any atom is 0.335 e. The van der Waals surface area contributed by atoms with Gasteiger partial charge in [-0.1, -0.05) is 25.1 Å². The molecule has 3 N–H and O–H groups in total. The van der Waals surface area contributed by atoms with Crippen LogP contribution in [-0.2, 0) is 6.42 Å². The lowest BCUT2D eigenvalue weighted by Gasteiger charge is -2.11. The number of carboxylic acid groups (broad SMARTS) is 1. The van der Waals surface area contributed by atoms with Gasteiger partial charge in [-0.15, -0.1) is 0 Å². The first kappa shape index (κ1) is 16.4. The van der Waals surface area contributed by atoms with E-state index < -0.39 is 5.97 Å². The van der Waals surface area contributed by atoms with Gasteiger partial charge in [-0.3, -0.25) is 0 Å². The first-order valence-corrected chi connectivity index (χ1v) is 7.69. The van der Waals surface area contributed by atoms with E-state index in [-0.39, 0.29) is 11.6 Å². The summed E-state index contributed by atoms with van der Waals surface area (Å²) in [6.07, 6.45) is 2.49. The number of carbonyl (C=O) groups is 2. The number of thioether (sulfide) groups is 1. The van der Waals surface area contributed by atoms with Crippen LogP contribution in [0.15, 0.2) is 24.3 Å². The Hall–Kier alpha value is -1.69. The molecule has 0 saturated carbocycles. The molecule has 110 valence electrons. The molecular formula is C14H20N2O3S. The first-order chi connectivity index (χ1) is 9.54. The van der Waals surface area contributed by atoms with E-state index in [0.717, 1.165) is 5.56 Å². The third-order valence-corrected chi connectivity index (χ3v) is 3.85. The van der Waals surface area contributed by atoms with Crippen molar-refractivity contribution >= 4 is 23.8 Å². The van der Waals surface area contributed by atoms with E-state index in [9.17, 15) is 9.59 Å². The predicted molar refractivity (Wildman–Crippen MR) is 81.5 cm³/mol. The molecular weight excluding hydrogens is 276 g/mol. The summed E-state index contributed by atoms with van der Waals surface area (Å²) in [5.74, 6) is -0.946. The minimum Gasteiger partial charge on any atom is -0.478 e. The molecule has 0 bridgehead atoms. The fraction of sp³-hybridized carbons (Fsp3) is 0.429. The molecule has 5 nitrogen and oxygen atoms in total. The molecule has 0 aliphatic rings. The minimum atomic E-state index is -0.946. The molecule has 0 radical (unpaired) electrons. The van der Waals surface area contributed by atoms with Gasteiger partial charge < -0.3 is 15.7 Å². The van der Waals surface area contributed by atoms with Gasteiger partial charge in [-0.2, -0.15) is 11.8 Å². The summed E-state index contributed by atoms with van der Waals surface area (Å²) >= 11 is 1.68. The molecule has 2 amide bonds. The van der Waals surface area contributed by atoms with Crippen molar-refractivity contribution in [1.82, 2.24) is 10.6 Å². The lowest BCUT2D eigenvalue weighted by atomic mass is 10.0. The van der Waals surface area contributed by atoms with E-state index in [1.54, 1.807) is 36.0 Å². The molecule has 0 spiro atoms. The highest BCUT2D eigenvalue weighted by Gasteiger charge is 2.09. The van der Waals surface area contributed by atoms with Crippen molar-refractivity contribution in [3.8, 4) is 0 Å². The first-order valence-electron chi connectivity index (χ1n) is 6.40. The van der Waals surface area contributed by atoms with E-state index in [4.69, 9.17) is 5.11 Å². The summed E-state index contributed by atoms with van der Waals surface area (Å²) in [7, 11) is 0. The van der Waals surface area contributed by atoms with E-state index in [2.05, 4.69) is 10.6 Å². The smallest absolute Gasteiger partial charge is 0.335 e. The Bertz CT molecular complexity index is 465. The number of hydrogen-bond acceptors (Lipinski definition) is 3. The molecule has 0 aliphatic heterocycles. The van der Waals surface area contributed by atoms with Gasteiger partial charge in [0.25, 0.3) is 0 Å². The van der Waals surface area contributed by atoms with Crippen molar-refractivity contribution in [1.29, 1.82) is 0 Å². The minimum absolute atomic E-state index is 0.223. The zero-order valence-corrected chi connectivity index (χ0v) is 12.5. The van der Waals surface area contributed by atoms with E-state index in [0.29, 0.717) is 24.8 Å². The highest BCUT2D eigenvalue weighted by atomic mass is 32.2. The van der Waals surface area contributed by atoms with Crippen LogP contribution in [0.25, 0.3) is 0 Å². The van der Waals surface area contributed by atoms with Crippen molar-refractivity contribution < 1.29 is 14.7 Å². The number of carbonyl (C=O) groups excluding carboxylic acids is 1. The van der Waals surface area contributed by atoms with Crippen LogP contribution in [0.4, 0.5) is 4.79 Å². The summed E-state index contributed by atoms with van der Waals surface area (Å²) in [6.45, 7) is 3.05. The number of urea groups is 1. The highest BCUT2D eigenvalue weighted by Crippen LogP contribution is 2.09. The Labute approximate surface area is 123 Å². The second-order valence-electron chi connectivity index (χ2n) is 4.40. The summed E-state index contributed by atoms with van der Waals surface area (Å²) in [5, 5.41) is 14.9. The quantitative estimate of drug-likeness (QED) is 0.719. The van der Waals surface area contributed by atoms with Gasteiger partial charge in [0.1, 0.15) is 0 Å². The summed E-state index contributed by atoms with van der Waals surface area (Å²) in [5.41, 5.74) is 1.00. The lowest BCUT2D eigenvalue weighted by Crippen LogP contribution is -2.39.